The van der Waals surface area contributed by atoms with Crippen LogP contribution in [-0.2, 0) is 19.0 Å². The highest BCUT2D eigenvalue weighted by Gasteiger charge is 2.62. The first-order valence-electron chi connectivity index (χ1n) is 8.81. The molecule has 2 aliphatic carbocycles. The van der Waals surface area contributed by atoms with Crippen molar-refractivity contribution in [2.24, 2.45) is 12.5 Å². The van der Waals surface area contributed by atoms with E-state index in [0.29, 0.717) is 11.5 Å². The average Bonchev–Trinajstić information content (AvgIpc) is 3.01. The fourth-order valence-electron chi connectivity index (χ4n) is 5.28. The molecule has 2 aromatic rings. The van der Waals surface area contributed by atoms with E-state index >= 15 is 0 Å². The van der Waals surface area contributed by atoms with E-state index in [9.17, 15) is 14.7 Å². The lowest BCUT2D eigenvalue weighted by atomic mass is 9.70. The standard InChI is InChI=1S/C20H24N2O3/c1-19(2)14-9-10-20(19,3)16-15(14)17(23)22(21(16)4)11-12-7-5-6-8-13(12)18(24)25/h5-8,14H,9-11H2,1-4H3,(H,24,25)/t14-,20+/m1/s1. The zero-order valence-electron chi connectivity index (χ0n) is 15.2. The number of carbonyl (C=O) groups is 1. The Hall–Kier alpha value is -2.30. The summed E-state index contributed by atoms with van der Waals surface area (Å²) in [4.78, 5) is 24.7. The Morgan fingerprint density at radius 1 is 1.28 bits per heavy atom. The van der Waals surface area contributed by atoms with Gasteiger partial charge in [-0.15, -0.1) is 0 Å². The topological polar surface area (TPSA) is 64.2 Å². The molecular weight excluding hydrogens is 316 g/mol. The summed E-state index contributed by atoms with van der Waals surface area (Å²) in [5, 5.41) is 9.41. The van der Waals surface area contributed by atoms with E-state index in [0.717, 1.165) is 24.1 Å². The molecule has 5 nitrogen and oxygen atoms in total. The summed E-state index contributed by atoms with van der Waals surface area (Å²) >= 11 is 0. The number of benzene rings is 1. The highest BCUT2D eigenvalue weighted by atomic mass is 16.4. The molecule has 4 rings (SSSR count). The number of hydrogen-bond donors (Lipinski definition) is 1. The molecule has 0 radical (unpaired) electrons. The third kappa shape index (κ3) is 1.84. The van der Waals surface area contributed by atoms with E-state index in [4.69, 9.17) is 0 Å². The first-order valence-corrected chi connectivity index (χ1v) is 8.81. The molecule has 0 saturated heterocycles. The summed E-state index contributed by atoms with van der Waals surface area (Å²) in [6, 6.07) is 6.91. The Kier molecular flexibility index (Phi) is 3.15. The van der Waals surface area contributed by atoms with Gasteiger partial charge in [-0.2, -0.15) is 0 Å². The van der Waals surface area contributed by atoms with Gasteiger partial charge in [-0.3, -0.25) is 9.48 Å². The van der Waals surface area contributed by atoms with Crippen LogP contribution in [0.25, 0.3) is 0 Å². The predicted molar refractivity (Wildman–Crippen MR) is 95.3 cm³/mol. The van der Waals surface area contributed by atoms with Crippen LogP contribution in [0.4, 0.5) is 0 Å². The fraction of sp³-hybridized carbons (Fsp3) is 0.500. The van der Waals surface area contributed by atoms with Crippen LogP contribution in [0.5, 0.6) is 0 Å². The molecule has 1 fully saturated rings. The molecule has 0 unspecified atom stereocenters. The van der Waals surface area contributed by atoms with Gasteiger partial charge in [0.25, 0.3) is 5.56 Å². The van der Waals surface area contributed by atoms with Crippen LogP contribution < -0.4 is 5.56 Å². The molecule has 1 aromatic heterocycles. The molecule has 0 aliphatic heterocycles. The number of nitrogens with zero attached hydrogens (tertiary/aromatic N) is 2. The van der Waals surface area contributed by atoms with Crippen molar-refractivity contribution in [3.8, 4) is 0 Å². The van der Waals surface area contributed by atoms with Crippen LogP contribution in [0.1, 0.15) is 66.7 Å². The second kappa shape index (κ2) is 4.87. The van der Waals surface area contributed by atoms with Crippen LogP contribution in [0.3, 0.4) is 0 Å². The first kappa shape index (κ1) is 16.2. The van der Waals surface area contributed by atoms with Crippen LogP contribution >= 0.6 is 0 Å². The second-order valence-electron chi connectivity index (χ2n) is 8.26. The van der Waals surface area contributed by atoms with Crippen molar-refractivity contribution in [1.29, 1.82) is 0 Å². The number of hydrogen-bond acceptors (Lipinski definition) is 2. The summed E-state index contributed by atoms with van der Waals surface area (Å²) in [5.41, 5.74) is 3.14. The highest BCUT2D eigenvalue weighted by Crippen LogP contribution is 2.66. The van der Waals surface area contributed by atoms with Gasteiger partial charge < -0.3 is 5.11 Å². The molecule has 25 heavy (non-hydrogen) atoms. The van der Waals surface area contributed by atoms with E-state index in [1.54, 1.807) is 22.9 Å². The number of fused-ring (bicyclic) bond motifs is 5. The van der Waals surface area contributed by atoms with Gasteiger partial charge in [0.2, 0.25) is 0 Å². The van der Waals surface area contributed by atoms with Crippen LogP contribution in [0.2, 0.25) is 0 Å². The molecule has 5 heteroatoms. The van der Waals surface area contributed by atoms with Crippen LogP contribution in [0.15, 0.2) is 29.1 Å². The number of carboxylic acids is 1. The Labute approximate surface area is 146 Å². The van der Waals surface area contributed by atoms with Gasteiger partial charge in [0.1, 0.15) is 0 Å². The minimum Gasteiger partial charge on any atom is -0.478 e. The molecule has 132 valence electrons. The number of aromatic carboxylic acids is 1. The van der Waals surface area contributed by atoms with Gasteiger partial charge in [0.15, 0.2) is 0 Å². The van der Waals surface area contributed by atoms with E-state index in [1.165, 1.54) is 0 Å². The van der Waals surface area contributed by atoms with Gasteiger partial charge >= 0.3 is 5.97 Å². The van der Waals surface area contributed by atoms with Crippen LogP contribution in [0, 0.1) is 5.41 Å². The molecule has 1 aromatic carbocycles. The predicted octanol–water partition coefficient (Wildman–Crippen LogP) is 3.11. The van der Waals surface area contributed by atoms with Gasteiger partial charge in [0, 0.05) is 18.0 Å². The second-order valence-corrected chi connectivity index (χ2v) is 8.26. The Balaban J connectivity index is 1.86. The number of rotatable bonds is 3. The largest absolute Gasteiger partial charge is 0.478 e. The summed E-state index contributed by atoms with van der Waals surface area (Å²) in [6.07, 6.45) is 2.15. The molecule has 1 N–H and O–H groups in total. The maximum Gasteiger partial charge on any atom is 0.336 e. The third-order valence-corrected chi connectivity index (χ3v) is 7.07. The number of carboxylic acid groups (broad SMARTS) is 1. The SMILES string of the molecule is Cn1c2c(c(=O)n1Cc1ccccc1C(=O)O)[C@H]1CC[C@]2(C)C1(C)C. The maximum atomic E-state index is 13.2. The average molecular weight is 340 g/mol. The first-order chi connectivity index (χ1) is 11.7. The lowest BCUT2D eigenvalue weighted by Crippen LogP contribution is -2.35. The lowest BCUT2D eigenvalue weighted by molar-refractivity contribution is 0.0695. The smallest absolute Gasteiger partial charge is 0.336 e. The Bertz CT molecular complexity index is 950. The van der Waals surface area contributed by atoms with E-state index in [1.807, 2.05) is 17.8 Å². The van der Waals surface area contributed by atoms with Crippen molar-refractivity contribution in [2.45, 2.75) is 51.5 Å². The zero-order chi connectivity index (χ0) is 18.1. The summed E-state index contributed by atoms with van der Waals surface area (Å²) in [6.45, 7) is 7.10. The molecule has 2 aliphatic rings. The summed E-state index contributed by atoms with van der Waals surface area (Å²) < 4.78 is 3.69. The van der Waals surface area contributed by atoms with E-state index in [2.05, 4.69) is 20.8 Å². The van der Waals surface area contributed by atoms with Gasteiger partial charge in [0.05, 0.1) is 17.8 Å². The summed E-state index contributed by atoms with van der Waals surface area (Å²) in [5.74, 6) is -0.666. The monoisotopic (exact) mass is 340 g/mol. The van der Waals surface area contributed by atoms with Crippen molar-refractivity contribution < 1.29 is 9.90 Å². The summed E-state index contributed by atoms with van der Waals surface area (Å²) in [7, 11) is 1.94. The van der Waals surface area contributed by atoms with Crippen molar-refractivity contribution >= 4 is 5.97 Å². The molecule has 0 amide bonds. The van der Waals surface area contributed by atoms with E-state index in [-0.39, 0.29) is 28.5 Å². The highest BCUT2D eigenvalue weighted by molar-refractivity contribution is 5.89. The molecule has 0 spiro atoms. The quantitative estimate of drug-likeness (QED) is 0.934. The normalized spacial score (nSPS) is 26.0. The molecule has 1 saturated carbocycles. The molecule has 2 bridgehead atoms. The van der Waals surface area contributed by atoms with E-state index < -0.39 is 5.97 Å². The van der Waals surface area contributed by atoms with Crippen molar-refractivity contribution in [3.05, 3.63) is 57.0 Å². The Morgan fingerprint density at radius 3 is 2.60 bits per heavy atom. The zero-order valence-corrected chi connectivity index (χ0v) is 15.2. The fourth-order valence-corrected chi connectivity index (χ4v) is 5.28. The maximum absolute atomic E-state index is 13.2. The van der Waals surface area contributed by atoms with Crippen LogP contribution in [-0.4, -0.2) is 20.4 Å². The molecule has 1 heterocycles. The van der Waals surface area contributed by atoms with Gasteiger partial charge in [-0.1, -0.05) is 39.0 Å². The minimum absolute atomic E-state index is 0.00151. The van der Waals surface area contributed by atoms with Crippen molar-refractivity contribution in [1.82, 2.24) is 9.36 Å². The number of aromatic nitrogens is 2. The minimum atomic E-state index is -0.960. The van der Waals surface area contributed by atoms with Gasteiger partial charge in [-0.25, -0.2) is 9.48 Å². The molecular formula is C20H24N2O3. The molecule has 2 atom stereocenters. The Morgan fingerprint density at radius 2 is 1.96 bits per heavy atom. The lowest BCUT2D eigenvalue weighted by Gasteiger charge is -2.36. The third-order valence-electron chi connectivity index (χ3n) is 7.07. The van der Waals surface area contributed by atoms with Gasteiger partial charge in [-0.05, 0) is 35.8 Å². The van der Waals surface area contributed by atoms with Crippen molar-refractivity contribution in [3.63, 3.8) is 0 Å². The van der Waals surface area contributed by atoms with Crippen molar-refractivity contribution in [2.75, 3.05) is 0 Å².